The van der Waals surface area contributed by atoms with E-state index in [9.17, 15) is 0 Å². The fourth-order valence-electron chi connectivity index (χ4n) is 12.5. The number of nitrogens with zero attached hydrogens (tertiary/aromatic N) is 3. The highest BCUT2D eigenvalue weighted by Crippen LogP contribution is 2.59. The fourth-order valence-corrected chi connectivity index (χ4v) is 12.5. The zero-order valence-corrected chi connectivity index (χ0v) is 43.4. The van der Waals surface area contributed by atoms with Crippen LogP contribution in [0.2, 0.25) is 0 Å². The van der Waals surface area contributed by atoms with Crippen molar-refractivity contribution in [2.24, 2.45) is 5.41 Å². The first-order chi connectivity index (χ1) is 32.0. The molecule has 1 fully saturated rings. The Morgan fingerprint density at radius 3 is 1.65 bits per heavy atom. The summed E-state index contributed by atoms with van der Waals surface area (Å²) in [7, 11) is 0. The normalized spacial score (nSPS) is 20.2. The third kappa shape index (κ3) is 6.83. The average Bonchev–Trinajstić information content (AvgIpc) is 3.65. The van der Waals surface area contributed by atoms with Gasteiger partial charge in [0.05, 0.1) is 11.3 Å². The largest absolute Gasteiger partial charge is 0.468 e. The van der Waals surface area contributed by atoms with Crippen LogP contribution in [0.3, 0.4) is 0 Å². The van der Waals surface area contributed by atoms with Gasteiger partial charge in [-0.15, -0.1) is 0 Å². The molecule has 0 radical (unpaired) electrons. The van der Waals surface area contributed by atoms with E-state index in [0.29, 0.717) is 0 Å². The van der Waals surface area contributed by atoms with Gasteiger partial charge in [-0.1, -0.05) is 164 Å². The highest BCUT2D eigenvalue weighted by atomic mass is 16.3. The van der Waals surface area contributed by atoms with Crippen molar-refractivity contribution in [1.82, 2.24) is 0 Å². The maximum absolute atomic E-state index is 7.44. The first-order valence-corrected chi connectivity index (χ1v) is 25.6. The molecule has 0 bridgehead atoms. The van der Waals surface area contributed by atoms with E-state index in [1.165, 1.54) is 92.1 Å². The maximum atomic E-state index is 7.44. The van der Waals surface area contributed by atoms with Crippen LogP contribution in [0.1, 0.15) is 150 Å². The van der Waals surface area contributed by atoms with E-state index in [1.54, 1.807) is 0 Å². The summed E-state index contributed by atoms with van der Waals surface area (Å²) >= 11 is 0. The van der Waals surface area contributed by atoms with Gasteiger partial charge in [-0.2, -0.15) is 0 Å². The number of fused-ring (bicyclic) bond motifs is 8. The second-order valence-corrected chi connectivity index (χ2v) is 25.6. The third-order valence-corrected chi connectivity index (χ3v) is 16.9. The van der Waals surface area contributed by atoms with Gasteiger partial charge >= 0.3 is 0 Å². The van der Waals surface area contributed by atoms with Crippen LogP contribution in [0.25, 0.3) is 11.0 Å². The molecule has 0 spiro atoms. The number of benzene rings is 6. The smallest absolute Gasteiger partial charge is 0.297 e. The fraction of sp³-hybridized carbons (Fsp3) is 0.397. The molecule has 1 aliphatic carbocycles. The Kier molecular flexibility index (Phi) is 9.83. The first kappa shape index (κ1) is 44.8. The van der Waals surface area contributed by atoms with Crippen molar-refractivity contribution < 1.29 is 4.42 Å². The minimum absolute atomic E-state index is 0.0148. The lowest BCUT2D eigenvalue weighted by molar-refractivity contribution is 0.0863. The monoisotopic (exact) mass is 898 g/mol. The Hall–Kier alpha value is -5.68. The Morgan fingerprint density at radius 2 is 1.03 bits per heavy atom. The molecule has 6 aromatic carbocycles. The predicted octanol–water partition coefficient (Wildman–Crippen LogP) is 15.7. The number of hydrogen-bond donors (Lipinski definition) is 0. The van der Waals surface area contributed by atoms with Crippen molar-refractivity contribution in [3.8, 4) is 0 Å². The molecule has 7 aromatic rings. The van der Waals surface area contributed by atoms with Crippen molar-refractivity contribution in [3.05, 3.63) is 149 Å². The minimum atomic E-state index is -0.147. The Bertz CT molecular complexity index is 3130. The predicted molar refractivity (Wildman–Crippen MR) is 292 cm³/mol. The van der Waals surface area contributed by atoms with Crippen LogP contribution in [0.4, 0.5) is 45.5 Å². The zero-order valence-electron chi connectivity index (χ0n) is 43.4. The third-order valence-electron chi connectivity index (χ3n) is 16.9. The number of anilines is 8. The molecule has 0 saturated heterocycles. The molecule has 5 heteroatoms. The minimum Gasteiger partial charge on any atom is -0.468 e. The van der Waals surface area contributed by atoms with Crippen LogP contribution in [0.5, 0.6) is 0 Å². The van der Waals surface area contributed by atoms with E-state index in [1.807, 2.05) is 0 Å². The SMILES string of the molecule is CC(C)(C)c1ccc(N2c3ccc(C(C)(C)C)cc3B3c4oc5ccc(C(C)(C)C)cc5c4N(c4ccc(C(C)(C)C)cc4)c4cc(N5c6ccccc6CC6(C)CCCCC56C)cc2c43)cc1. The molecule has 4 heterocycles. The summed E-state index contributed by atoms with van der Waals surface area (Å²) in [6, 6.07) is 47.6. The molecule has 2 atom stereocenters. The molecular weight excluding hydrogens is 826 g/mol. The van der Waals surface area contributed by atoms with Crippen molar-refractivity contribution >= 4 is 79.8 Å². The maximum Gasteiger partial charge on any atom is 0.297 e. The molecule has 0 amide bonds. The van der Waals surface area contributed by atoms with Crippen molar-refractivity contribution in [1.29, 1.82) is 0 Å². The lowest BCUT2D eigenvalue weighted by Gasteiger charge is -2.60. The van der Waals surface area contributed by atoms with E-state index < -0.39 is 0 Å². The van der Waals surface area contributed by atoms with Gasteiger partial charge < -0.3 is 19.1 Å². The molecule has 348 valence electrons. The Balaban J connectivity index is 1.29. The van der Waals surface area contributed by atoms with Crippen LogP contribution < -0.4 is 31.3 Å². The lowest BCUT2D eigenvalue weighted by Crippen LogP contribution is -2.62. The number of furan rings is 1. The van der Waals surface area contributed by atoms with Crippen molar-refractivity contribution in [3.63, 3.8) is 0 Å². The molecule has 0 N–H and O–H groups in total. The van der Waals surface area contributed by atoms with Gasteiger partial charge in [0.15, 0.2) is 0 Å². The molecule has 1 aromatic heterocycles. The van der Waals surface area contributed by atoms with Gasteiger partial charge in [0.1, 0.15) is 5.58 Å². The topological polar surface area (TPSA) is 22.9 Å². The van der Waals surface area contributed by atoms with Crippen LogP contribution >= 0.6 is 0 Å². The summed E-state index contributed by atoms with van der Waals surface area (Å²) in [6.45, 7) is 32.9. The highest BCUT2D eigenvalue weighted by Gasteiger charge is 2.55. The first-order valence-electron chi connectivity index (χ1n) is 25.6. The molecule has 4 aliphatic rings. The standard InChI is InChI=1S/C63H72BN3O/c1-58(2,3)41-21-27-45(28-22-41)65-51-31-25-44(61(10,11)12)36-49(51)64-55-52(65)37-47(67-50-20-16-15-19-40(50)39-62(13)33-17-18-34-63(62,67)14)38-53(55)66(46-29-23-42(24-30-46)59(4,5)6)56-48-35-43(60(7,8)9)26-32-54(48)68-57(56)64/h15-16,19-32,35-38H,17-18,33-34,39H2,1-14H3. The van der Waals surface area contributed by atoms with Gasteiger partial charge in [-0.3, -0.25) is 0 Å². The summed E-state index contributed by atoms with van der Waals surface area (Å²) in [5, 5.41) is 1.16. The number of para-hydroxylation sites is 1. The molecule has 4 nitrogen and oxygen atoms in total. The Morgan fingerprint density at radius 1 is 0.500 bits per heavy atom. The molecular formula is C63H72BN3O. The molecule has 2 unspecified atom stereocenters. The van der Waals surface area contributed by atoms with E-state index >= 15 is 0 Å². The van der Waals surface area contributed by atoms with Crippen LogP contribution in [-0.4, -0.2) is 12.3 Å². The number of rotatable bonds is 3. The van der Waals surface area contributed by atoms with E-state index in [-0.39, 0.29) is 39.3 Å². The van der Waals surface area contributed by atoms with Gasteiger partial charge in [0, 0.05) is 50.7 Å². The van der Waals surface area contributed by atoms with Crippen molar-refractivity contribution in [2.45, 2.75) is 156 Å². The summed E-state index contributed by atoms with van der Waals surface area (Å²) in [6.07, 6.45) is 5.96. The lowest BCUT2D eigenvalue weighted by atomic mass is 9.35. The second-order valence-electron chi connectivity index (χ2n) is 25.6. The van der Waals surface area contributed by atoms with Gasteiger partial charge in [-0.25, -0.2) is 0 Å². The molecule has 1 saturated carbocycles. The van der Waals surface area contributed by atoms with Gasteiger partial charge in [-0.05, 0) is 153 Å². The number of hydrogen-bond acceptors (Lipinski definition) is 4. The molecule has 3 aliphatic heterocycles. The summed E-state index contributed by atoms with van der Waals surface area (Å²) in [4.78, 5) is 7.99. The van der Waals surface area contributed by atoms with Crippen LogP contribution in [0, 0.1) is 5.41 Å². The van der Waals surface area contributed by atoms with E-state index in [0.717, 1.165) is 40.8 Å². The quantitative estimate of drug-likeness (QED) is 0.165. The zero-order chi connectivity index (χ0) is 48.1. The van der Waals surface area contributed by atoms with Gasteiger partial charge in [0.2, 0.25) is 0 Å². The summed E-state index contributed by atoms with van der Waals surface area (Å²) in [5.41, 5.74) is 20.9. The summed E-state index contributed by atoms with van der Waals surface area (Å²) < 4.78 is 7.44. The molecule has 11 rings (SSSR count). The van der Waals surface area contributed by atoms with E-state index in [2.05, 4.69) is 233 Å². The summed E-state index contributed by atoms with van der Waals surface area (Å²) in [5.74, 6) is 0. The second kappa shape index (κ2) is 14.9. The highest BCUT2D eigenvalue weighted by molar-refractivity contribution is 7.00. The van der Waals surface area contributed by atoms with Crippen LogP contribution in [-0.2, 0) is 28.1 Å². The Labute approximate surface area is 407 Å². The van der Waals surface area contributed by atoms with Gasteiger partial charge in [0.25, 0.3) is 6.71 Å². The average molecular weight is 898 g/mol. The van der Waals surface area contributed by atoms with Crippen LogP contribution in [0.15, 0.2) is 126 Å². The van der Waals surface area contributed by atoms with E-state index in [4.69, 9.17) is 4.42 Å². The molecule has 68 heavy (non-hydrogen) atoms. The van der Waals surface area contributed by atoms with Crippen molar-refractivity contribution in [2.75, 3.05) is 14.7 Å².